The Morgan fingerprint density at radius 3 is 2.50 bits per heavy atom. The van der Waals surface area contributed by atoms with Crippen molar-refractivity contribution in [3.63, 3.8) is 0 Å². The van der Waals surface area contributed by atoms with Crippen LogP contribution in [0.4, 0.5) is 4.39 Å². The predicted octanol–water partition coefficient (Wildman–Crippen LogP) is 5.09. The largest absolute Gasteiger partial charge is 0.488 e. The Morgan fingerprint density at radius 1 is 1.07 bits per heavy atom. The van der Waals surface area contributed by atoms with E-state index in [9.17, 15) is 4.39 Å². The summed E-state index contributed by atoms with van der Waals surface area (Å²) in [5, 5.41) is 4.38. The van der Waals surface area contributed by atoms with E-state index in [4.69, 9.17) is 16.3 Å². The first-order valence-corrected chi connectivity index (χ1v) is 9.67. The molecular weight excluding hydrogens is 422 g/mol. The molecule has 2 aromatic carbocycles. The van der Waals surface area contributed by atoms with Crippen LogP contribution in [-0.2, 0) is 13.2 Å². The molecule has 7 heteroatoms. The van der Waals surface area contributed by atoms with Crippen molar-refractivity contribution in [1.82, 2.24) is 10.2 Å². The standard InChI is InChI=1S/C21H24ClFN2O.2ClH/c22-18-5-6-21(26-14-16-3-1-2-4-19(16)23)17(11-18)12-24-20-13-25-9-7-15(20)8-10-25;;/h1-6,11,15,20,24H,7-10,12-14H2;2*1H. The average molecular weight is 448 g/mol. The van der Waals surface area contributed by atoms with Crippen LogP contribution >= 0.6 is 36.4 Å². The summed E-state index contributed by atoms with van der Waals surface area (Å²) in [7, 11) is 0. The van der Waals surface area contributed by atoms with E-state index in [0.717, 1.165) is 23.8 Å². The molecule has 1 N–H and O–H groups in total. The van der Waals surface area contributed by atoms with Gasteiger partial charge >= 0.3 is 0 Å². The lowest BCUT2D eigenvalue weighted by Gasteiger charge is -2.45. The van der Waals surface area contributed by atoms with E-state index in [0.29, 0.717) is 23.2 Å². The second kappa shape index (κ2) is 10.7. The van der Waals surface area contributed by atoms with Crippen LogP contribution in [0.15, 0.2) is 42.5 Å². The van der Waals surface area contributed by atoms with Crippen molar-refractivity contribution >= 4 is 36.4 Å². The van der Waals surface area contributed by atoms with Crippen LogP contribution in [-0.4, -0.2) is 30.6 Å². The van der Waals surface area contributed by atoms with Gasteiger partial charge in [-0.2, -0.15) is 0 Å². The van der Waals surface area contributed by atoms with Crippen molar-refractivity contribution in [1.29, 1.82) is 0 Å². The summed E-state index contributed by atoms with van der Waals surface area (Å²) in [6.07, 6.45) is 2.56. The molecule has 28 heavy (non-hydrogen) atoms. The van der Waals surface area contributed by atoms with Gasteiger partial charge in [0.1, 0.15) is 18.2 Å². The lowest BCUT2D eigenvalue weighted by Crippen LogP contribution is -2.55. The molecule has 3 nitrogen and oxygen atoms in total. The first-order chi connectivity index (χ1) is 12.7. The van der Waals surface area contributed by atoms with Gasteiger partial charge in [-0.05, 0) is 56.1 Å². The second-order valence-electron chi connectivity index (χ2n) is 7.26. The highest BCUT2D eigenvalue weighted by Crippen LogP contribution is 2.29. The summed E-state index contributed by atoms with van der Waals surface area (Å²) in [5.74, 6) is 1.28. The van der Waals surface area contributed by atoms with Gasteiger partial charge < -0.3 is 15.0 Å². The summed E-state index contributed by atoms with van der Waals surface area (Å²) < 4.78 is 19.7. The highest BCUT2D eigenvalue weighted by molar-refractivity contribution is 6.30. The van der Waals surface area contributed by atoms with Gasteiger partial charge in [-0.25, -0.2) is 4.39 Å². The van der Waals surface area contributed by atoms with Gasteiger partial charge in [0.25, 0.3) is 0 Å². The SMILES string of the molecule is Cl.Cl.Fc1ccccc1COc1ccc(Cl)cc1CNC1CN2CCC1CC2. The highest BCUT2D eigenvalue weighted by Gasteiger charge is 2.33. The molecule has 1 unspecified atom stereocenters. The maximum absolute atomic E-state index is 13.8. The number of ether oxygens (including phenoxy) is 1. The summed E-state index contributed by atoms with van der Waals surface area (Å²) in [4.78, 5) is 2.53. The van der Waals surface area contributed by atoms with E-state index in [1.165, 1.54) is 32.0 Å². The van der Waals surface area contributed by atoms with Gasteiger partial charge in [-0.1, -0.05) is 29.8 Å². The minimum absolute atomic E-state index is 0. The third-order valence-corrected chi connectivity index (χ3v) is 5.81. The Bertz CT molecular complexity index is 769. The second-order valence-corrected chi connectivity index (χ2v) is 7.69. The number of hydrogen-bond donors (Lipinski definition) is 1. The molecule has 0 amide bonds. The maximum atomic E-state index is 13.8. The van der Waals surface area contributed by atoms with Gasteiger partial charge in [-0.3, -0.25) is 0 Å². The molecule has 154 valence electrons. The number of piperidine rings is 3. The van der Waals surface area contributed by atoms with Crippen LogP contribution in [0.5, 0.6) is 5.75 Å². The molecule has 0 aromatic heterocycles. The zero-order chi connectivity index (χ0) is 17.9. The molecule has 2 aromatic rings. The number of halogens is 4. The third-order valence-electron chi connectivity index (χ3n) is 5.57. The van der Waals surface area contributed by atoms with Crippen molar-refractivity contribution in [3.8, 4) is 5.75 Å². The summed E-state index contributed by atoms with van der Waals surface area (Å²) >= 11 is 6.19. The van der Waals surface area contributed by atoms with Crippen LogP contribution < -0.4 is 10.1 Å². The normalized spacial score (nSPS) is 22.9. The Balaban J connectivity index is 0.00000140. The number of fused-ring (bicyclic) bond motifs is 3. The van der Waals surface area contributed by atoms with Crippen molar-refractivity contribution in [3.05, 3.63) is 64.4 Å². The Labute approximate surface area is 183 Å². The quantitative estimate of drug-likeness (QED) is 0.668. The van der Waals surface area contributed by atoms with Gasteiger partial charge in [0.15, 0.2) is 0 Å². The van der Waals surface area contributed by atoms with Crippen molar-refractivity contribution in [2.24, 2.45) is 5.92 Å². The molecule has 2 bridgehead atoms. The van der Waals surface area contributed by atoms with Gasteiger partial charge in [0.05, 0.1) is 0 Å². The Hall–Kier alpha value is -1.04. The molecule has 3 saturated heterocycles. The Kier molecular flexibility index (Phi) is 8.84. The molecule has 0 radical (unpaired) electrons. The van der Waals surface area contributed by atoms with Crippen LogP contribution in [0, 0.1) is 11.7 Å². The van der Waals surface area contributed by atoms with E-state index in [2.05, 4.69) is 10.2 Å². The van der Waals surface area contributed by atoms with E-state index in [-0.39, 0.29) is 37.2 Å². The average Bonchev–Trinajstić information content (AvgIpc) is 2.68. The molecule has 3 aliphatic rings. The van der Waals surface area contributed by atoms with Crippen molar-refractivity contribution < 1.29 is 9.13 Å². The lowest BCUT2D eigenvalue weighted by atomic mass is 9.84. The van der Waals surface area contributed by atoms with Gasteiger partial charge in [0.2, 0.25) is 0 Å². The number of nitrogens with zero attached hydrogens (tertiary/aromatic N) is 1. The minimum Gasteiger partial charge on any atom is -0.488 e. The Morgan fingerprint density at radius 2 is 1.82 bits per heavy atom. The topological polar surface area (TPSA) is 24.5 Å². The predicted molar refractivity (Wildman–Crippen MR) is 116 cm³/mol. The van der Waals surface area contributed by atoms with E-state index in [1.807, 2.05) is 24.3 Å². The third kappa shape index (κ3) is 5.52. The summed E-state index contributed by atoms with van der Waals surface area (Å²) in [6.45, 7) is 4.51. The summed E-state index contributed by atoms with van der Waals surface area (Å²) in [6, 6.07) is 12.9. The highest BCUT2D eigenvalue weighted by atomic mass is 35.5. The van der Waals surface area contributed by atoms with E-state index >= 15 is 0 Å². The number of rotatable bonds is 6. The fourth-order valence-electron chi connectivity index (χ4n) is 4.04. The molecule has 0 saturated carbocycles. The lowest BCUT2D eigenvalue weighted by molar-refractivity contribution is 0.0718. The maximum Gasteiger partial charge on any atom is 0.129 e. The summed E-state index contributed by atoms with van der Waals surface area (Å²) in [5.41, 5.74) is 1.57. The molecule has 1 atom stereocenters. The zero-order valence-corrected chi connectivity index (χ0v) is 18.0. The molecular formula is C21H26Cl3FN2O. The fourth-order valence-corrected chi connectivity index (χ4v) is 4.23. The number of hydrogen-bond acceptors (Lipinski definition) is 3. The first-order valence-electron chi connectivity index (χ1n) is 9.29. The zero-order valence-electron chi connectivity index (χ0n) is 15.6. The van der Waals surface area contributed by atoms with Gasteiger partial charge in [-0.15, -0.1) is 24.8 Å². The monoisotopic (exact) mass is 446 g/mol. The van der Waals surface area contributed by atoms with Crippen LogP contribution in [0.3, 0.4) is 0 Å². The molecule has 5 rings (SSSR count). The number of benzene rings is 2. The smallest absolute Gasteiger partial charge is 0.129 e. The van der Waals surface area contributed by atoms with Crippen molar-refractivity contribution in [2.45, 2.75) is 32.0 Å². The van der Waals surface area contributed by atoms with E-state index < -0.39 is 0 Å². The molecule has 3 aliphatic heterocycles. The fraction of sp³-hybridized carbons (Fsp3) is 0.429. The van der Waals surface area contributed by atoms with E-state index in [1.54, 1.807) is 12.1 Å². The van der Waals surface area contributed by atoms with Crippen molar-refractivity contribution in [2.75, 3.05) is 19.6 Å². The molecule has 3 heterocycles. The van der Waals surface area contributed by atoms with Crippen LogP contribution in [0.2, 0.25) is 5.02 Å². The minimum atomic E-state index is -0.242. The first kappa shape index (κ1) is 23.2. The van der Waals surface area contributed by atoms with Gasteiger partial charge in [0, 0.05) is 35.3 Å². The van der Waals surface area contributed by atoms with Crippen LogP contribution in [0.1, 0.15) is 24.0 Å². The van der Waals surface area contributed by atoms with Crippen LogP contribution in [0.25, 0.3) is 0 Å². The molecule has 0 aliphatic carbocycles. The number of nitrogens with one attached hydrogen (secondary N) is 1. The molecule has 0 spiro atoms. The molecule has 3 fully saturated rings.